The van der Waals surface area contributed by atoms with Crippen LogP contribution in [0.15, 0.2) is 41.0 Å². The van der Waals surface area contributed by atoms with Crippen molar-refractivity contribution in [1.82, 2.24) is 9.55 Å². The van der Waals surface area contributed by atoms with E-state index in [2.05, 4.69) is 9.55 Å². The van der Waals surface area contributed by atoms with Crippen LogP contribution < -0.4 is 4.74 Å². The number of halogens is 1. The van der Waals surface area contributed by atoms with Gasteiger partial charge in [0.1, 0.15) is 22.9 Å². The average molecular weight is 291 g/mol. The molecule has 4 nitrogen and oxygen atoms in total. The quantitative estimate of drug-likeness (QED) is 0.671. The Balaban J connectivity index is 2.12. The lowest BCUT2D eigenvalue weighted by atomic mass is 10.3. The van der Waals surface area contributed by atoms with Crippen LogP contribution in [-0.4, -0.2) is 16.2 Å². The number of ether oxygens (including phenoxy) is 1. The first-order chi connectivity index (χ1) is 9.83. The minimum atomic E-state index is 0.348. The van der Waals surface area contributed by atoms with Crippen molar-refractivity contribution in [2.75, 3.05) is 6.61 Å². The van der Waals surface area contributed by atoms with Gasteiger partial charge in [-0.1, -0.05) is 6.07 Å². The van der Waals surface area contributed by atoms with Gasteiger partial charge >= 0.3 is 0 Å². The van der Waals surface area contributed by atoms with Gasteiger partial charge in [0.05, 0.1) is 30.8 Å². The van der Waals surface area contributed by atoms with Gasteiger partial charge < -0.3 is 13.7 Å². The Morgan fingerprint density at radius 1 is 1.30 bits per heavy atom. The van der Waals surface area contributed by atoms with E-state index in [-0.39, 0.29) is 0 Å². The molecule has 0 aliphatic carbocycles. The molecule has 0 aliphatic rings. The molecule has 2 aromatic heterocycles. The molecular weight excluding hydrogens is 276 g/mol. The minimum Gasteiger partial charge on any atom is -0.492 e. The molecule has 0 N–H and O–H groups in total. The van der Waals surface area contributed by atoms with Crippen LogP contribution in [0.5, 0.6) is 5.75 Å². The fourth-order valence-corrected chi connectivity index (χ4v) is 2.48. The second-order valence-corrected chi connectivity index (χ2v) is 4.65. The molecule has 0 amide bonds. The van der Waals surface area contributed by atoms with Gasteiger partial charge in [0, 0.05) is 0 Å². The molecule has 0 fully saturated rings. The predicted molar refractivity (Wildman–Crippen MR) is 78.3 cm³/mol. The van der Waals surface area contributed by atoms with Gasteiger partial charge in [0.25, 0.3) is 0 Å². The highest BCUT2D eigenvalue weighted by Crippen LogP contribution is 2.27. The summed E-state index contributed by atoms with van der Waals surface area (Å²) in [4.78, 5) is 4.59. The third-order valence-corrected chi connectivity index (χ3v) is 3.37. The lowest BCUT2D eigenvalue weighted by Crippen LogP contribution is -2.02. The van der Waals surface area contributed by atoms with Gasteiger partial charge in [0.2, 0.25) is 0 Å². The SMILES string of the molecule is CCOc1cccc2c1nc(CCl)n2Cc1ccco1. The topological polar surface area (TPSA) is 40.2 Å². The first-order valence-electron chi connectivity index (χ1n) is 6.52. The molecule has 0 aliphatic heterocycles. The van der Waals surface area contributed by atoms with E-state index in [9.17, 15) is 0 Å². The number of fused-ring (bicyclic) bond motifs is 1. The molecule has 104 valence electrons. The molecule has 3 aromatic rings. The van der Waals surface area contributed by atoms with Crippen LogP contribution in [0.2, 0.25) is 0 Å². The molecule has 0 radical (unpaired) electrons. The highest BCUT2D eigenvalue weighted by Gasteiger charge is 2.14. The summed E-state index contributed by atoms with van der Waals surface area (Å²) in [5.41, 5.74) is 1.85. The lowest BCUT2D eigenvalue weighted by Gasteiger charge is -2.06. The number of benzene rings is 1. The van der Waals surface area contributed by atoms with Crippen LogP contribution in [0.4, 0.5) is 0 Å². The molecule has 3 rings (SSSR count). The molecule has 2 heterocycles. The number of furan rings is 1. The number of hydrogen-bond acceptors (Lipinski definition) is 3. The van der Waals surface area contributed by atoms with E-state index in [1.165, 1.54) is 0 Å². The number of hydrogen-bond donors (Lipinski definition) is 0. The zero-order valence-corrected chi connectivity index (χ0v) is 11.9. The maximum Gasteiger partial charge on any atom is 0.147 e. The Labute approximate surface area is 121 Å². The van der Waals surface area contributed by atoms with Gasteiger partial charge in [-0.05, 0) is 31.2 Å². The van der Waals surface area contributed by atoms with Gasteiger partial charge in [-0.15, -0.1) is 11.6 Å². The fourth-order valence-electron chi connectivity index (χ4n) is 2.28. The summed E-state index contributed by atoms with van der Waals surface area (Å²) in [6.45, 7) is 3.18. The van der Waals surface area contributed by atoms with E-state index >= 15 is 0 Å². The molecule has 0 spiro atoms. The van der Waals surface area contributed by atoms with Crippen LogP contribution in [0.25, 0.3) is 11.0 Å². The molecule has 0 saturated carbocycles. The van der Waals surface area contributed by atoms with Crippen molar-refractivity contribution in [3.8, 4) is 5.75 Å². The van der Waals surface area contributed by atoms with Crippen LogP contribution >= 0.6 is 11.6 Å². The molecule has 1 aromatic carbocycles. The molecule has 0 atom stereocenters. The van der Waals surface area contributed by atoms with Crippen molar-refractivity contribution >= 4 is 22.6 Å². The Hall–Kier alpha value is -1.94. The summed E-state index contributed by atoms with van der Waals surface area (Å²) in [5, 5.41) is 0. The number of rotatable bonds is 5. The largest absolute Gasteiger partial charge is 0.492 e. The van der Waals surface area contributed by atoms with Crippen molar-refractivity contribution in [1.29, 1.82) is 0 Å². The van der Waals surface area contributed by atoms with E-state index in [4.69, 9.17) is 20.8 Å². The normalized spacial score (nSPS) is 11.1. The first kappa shape index (κ1) is 13.1. The number of imidazole rings is 1. The Kier molecular flexibility index (Phi) is 3.65. The average Bonchev–Trinajstić information content (AvgIpc) is 3.08. The van der Waals surface area contributed by atoms with Crippen LogP contribution in [0.3, 0.4) is 0 Å². The summed E-state index contributed by atoms with van der Waals surface area (Å²) in [5.74, 6) is 2.82. The molecule has 5 heteroatoms. The summed E-state index contributed by atoms with van der Waals surface area (Å²) in [7, 11) is 0. The zero-order valence-electron chi connectivity index (χ0n) is 11.2. The van der Waals surface area contributed by atoms with Gasteiger partial charge in [-0.25, -0.2) is 4.98 Å². The molecule has 0 bridgehead atoms. The number of nitrogens with zero attached hydrogens (tertiary/aromatic N) is 2. The summed E-state index contributed by atoms with van der Waals surface area (Å²) in [6, 6.07) is 9.72. The number of alkyl halides is 1. The van der Waals surface area contributed by atoms with E-state index in [0.717, 1.165) is 28.4 Å². The van der Waals surface area contributed by atoms with Crippen molar-refractivity contribution in [2.45, 2.75) is 19.3 Å². The van der Waals surface area contributed by atoms with Crippen molar-refractivity contribution in [3.63, 3.8) is 0 Å². The first-order valence-corrected chi connectivity index (χ1v) is 7.06. The number of aromatic nitrogens is 2. The maximum atomic E-state index is 6.02. The van der Waals surface area contributed by atoms with Gasteiger partial charge in [0.15, 0.2) is 0 Å². The van der Waals surface area contributed by atoms with E-state index in [0.29, 0.717) is 19.0 Å². The Morgan fingerprint density at radius 3 is 2.90 bits per heavy atom. The van der Waals surface area contributed by atoms with Crippen molar-refractivity contribution in [2.24, 2.45) is 0 Å². The van der Waals surface area contributed by atoms with Crippen LogP contribution in [0.1, 0.15) is 18.5 Å². The van der Waals surface area contributed by atoms with E-state index < -0.39 is 0 Å². The standard InChI is InChI=1S/C15H15ClN2O2/c1-2-19-13-7-3-6-12-15(13)17-14(9-16)18(12)10-11-5-4-8-20-11/h3-8H,2,9-10H2,1H3. The maximum absolute atomic E-state index is 6.02. The van der Waals surface area contributed by atoms with Gasteiger partial charge in [-0.2, -0.15) is 0 Å². The Bertz CT molecular complexity index is 704. The van der Waals surface area contributed by atoms with Crippen molar-refractivity contribution < 1.29 is 9.15 Å². The lowest BCUT2D eigenvalue weighted by molar-refractivity contribution is 0.343. The molecular formula is C15H15ClN2O2. The van der Waals surface area contributed by atoms with Gasteiger partial charge in [-0.3, -0.25) is 0 Å². The second-order valence-electron chi connectivity index (χ2n) is 4.38. The molecule has 0 saturated heterocycles. The summed E-state index contributed by atoms with van der Waals surface area (Å²) < 4.78 is 13.1. The van der Waals surface area contributed by atoms with Crippen molar-refractivity contribution in [3.05, 3.63) is 48.2 Å². The summed E-state index contributed by atoms with van der Waals surface area (Å²) in [6.07, 6.45) is 1.67. The molecule has 0 unspecified atom stereocenters. The Morgan fingerprint density at radius 2 is 2.20 bits per heavy atom. The minimum absolute atomic E-state index is 0.348. The van der Waals surface area contributed by atoms with Crippen LogP contribution in [-0.2, 0) is 12.4 Å². The zero-order chi connectivity index (χ0) is 13.9. The fraction of sp³-hybridized carbons (Fsp3) is 0.267. The van der Waals surface area contributed by atoms with Crippen LogP contribution in [0, 0.1) is 0 Å². The smallest absolute Gasteiger partial charge is 0.147 e. The number of para-hydroxylation sites is 1. The van der Waals surface area contributed by atoms with E-state index in [1.54, 1.807) is 6.26 Å². The monoisotopic (exact) mass is 290 g/mol. The molecule has 20 heavy (non-hydrogen) atoms. The third-order valence-electron chi connectivity index (χ3n) is 3.13. The highest BCUT2D eigenvalue weighted by atomic mass is 35.5. The second kappa shape index (κ2) is 5.59. The summed E-state index contributed by atoms with van der Waals surface area (Å²) >= 11 is 6.02. The third kappa shape index (κ3) is 2.27. The van der Waals surface area contributed by atoms with E-state index in [1.807, 2.05) is 37.3 Å². The highest BCUT2D eigenvalue weighted by molar-refractivity contribution is 6.16. The predicted octanol–water partition coefficient (Wildman–Crippen LogP) is 3.82.